The van der Waals surface area contributed by atoms with Crippen LogP contribution in [0.5, 0.6) is 5.75 Å². The minimum atomic E-state index is -3.58. The number of para-hydroxylation sites is 1. The predicted octanol–water partition coefficient (Wildman–Crippen LogP) is 3.44. The van der Waals surface area contributed by atoms with E-state index in [1.807, 2.05) is 30.3 Å². The zero-order chi connectivity index (χ0) is 17.9. The molecule has 2 atom stereocenters. The average Bonchev–Trinajstić information content (AvgIpc) is 2.64. The van der Waals surface area contributed by atoms with Crippen molar-refractivity contribution in [1.82, 2.24) is 0 Å². The Labute approximate surface area is 148 Å². The number of rotatable bonds is 5. The maximum atomic E-state index is 13.0. The van der Waals surface area contributed by atoms with Crippen molar-refractivity contribution in [1.29, 1.82) is 0 Å². The van der Waals surface area contributed by atoms with Gasteiger partial charge in [-0.05, 0) is 36.8 Å². The normalized spacial score (nSPS) is 20.8. The molecular formula is C20H20O4S. The number of carbonyl (C=O) groups is 1. The standard InChI is InChI=1S/C20H20O4S/c1-15-12-20(25(22,23)18-10-6-3-7-11-18)16(13-19(15)21)14-24-17-8-4-2-5-9-17/h2-12,16,20H,13-14H2,1H3. The first-order valence-electron chi connectivity index (χ1n) is 8.17. The fourth-order valence-electron chi connectivity index (χ4n) is 2.97. The SMILES string of the molecule is CC1=CC(S(=O)(=O)c2ccccc2)C(COc2ccccc2)CC1=O. The predicted molar refractivity (Wildman–Crippen MR) is 96.2 cm³/mol. The van der Waals surface area contributed by atoms with Crippen LogP contribution in [-0.2, 0) is 14.6 Å². The lowest BCUT2D eigenvalue weighted by molar-refractivity contribution is -0.117. The van der Waals surface area contributed by atoms with Crippen molar-refractivity contribution in [2.24, 2.45) is 5.92 Å². The third kappa shape index (κ3) is 3.82. The van der Waals surface area contributed by atoms with Crippen LogP contribution in [0.2, 0.25) is 0 Å². The summed E-state index contributed by atoms with van der Waals surface area (Å²) in [5.74, 6) is 0.222. The van der Waals surface area contributed by atoms with Crippen LogP contribution in [0.4, 0.5) is 0 Å². The quantitative estimate of drug-likeness (QED) is 0.823. The van der Waals surface area contributed by atoms with Gasteiger partial charge in [-0.1, -0.05) is 42.5 Å². The Bertz CT molecular complexity index is 870. The fourth-order valence-corrected chi connectivity index (χ4v) is 4.89. The molecular weight excluding hydrogens is 336 g/mol. The summed E-state index contributed by atoms with van der Waals surface area (Å²) in [5.41, 5.74) is 0.500. The topological polar surface area (TPSA) is 60.4 Å². The monoisotopic (exact) mass is 356 g/mol. The van der Waals surface area contributed by atoms with Gasteiger partial charge in [-0.15, -0.1) is 0 Å². The van der Waals surface area contributed by atoms with E-state index in [0.717, 1.165) is 0 Å². The summed E-state index contributed by atoms with van der Waals surface area (Å²) < 4.78 is 31.8. The van der Waals surface area contributed by atoms with Gasteiger partial charge in [0.15, 0.2) is 15.6 Å². The van der Waals surface area contributed by atoms with E-state index >= 15 is 0 Å². The van der Waals surface area contributed by atoms with E-state index in [1.165, 1.54) is 0 Å². The molecule has 2 aromatic rings. The maximum absolute atomic E-state index is 13.0. The Morgan fingerprint density at radius 2 is 1.60 bits per heavy atom. The smallest absolute Gasteiger partial charge is 0.185 e. The molecule has 2 unspecified atom stereocenters. The number of benzene rings is 2. The molecule has 25 heavy (non-hydrogen) atoms. The van der Waals surface area contributed by atoms with Gasteiger partial charge in [-0.3, -0.25) is 4.79 Å². The van der Waals surface area contributed by atoms with Crippen LogP contribution < -0.4 is 4.74 Å². The van der Waals surface area contributed by atoms with Gasteiger partial charge in [0.2, 0.25) is 0 Å². The molecule has 4 nitrogen and oxygen atoms in total. The van der Waals surface area contributed by atoms with E-state index < -0.39 is 21.0 Å². The third-order valence-corrected chi connectivity index (χ3v) is 6.57. The highest BCUT2D eigenvalue weighted by Gasteiger charge is 2.38. The Balaban J connectivity index is 1.89. The third-order valence-electron chi connectivity index (χ3n) is 4.40. The van der Waals surface area contributed by atoms with Crippen molar-refractivity contribution in [3.05, 3.63) is 72.3 Å². The molecule has 0 bridgehead atoms. The minimum Gasteiger partial charge on any atom is -0.493 e. The number of sulfone groups is 1. The molecule has 0 radical (unpaired) electrons. The molecule has 130 valence electrons. The van der Waals surface area contributed by atoms with Crippen molar-refractivity contribution in [2.45, 2.75) is 23.5 Å². The molecule has 2 aromatic carbocycles. The van der Waals surface area contributed by atoms with Gasteiger partial charge >= 0.3 is 0 Å². The lowest BCUT2D eigenvalue weighted by atomic mass is 9.89. The van der Waals surface area contributed by atoms with Gasteiger partial charge in [-0.2, -0.15) is 0 Å². The lowest BCUT2D eigenvalue weighted by Crippen LogP contribution is -2.37. The lowest BCUT2D eigenvalue weighted by Gasteiger charge is -2.28. The van der Waals surface area contributed by atoms with Crippen LogP contribution in [0, 0.1) is 5.92 Å². The van der Waals surface area contributed by atoms with Gasteiger partial charge in [0.05, 0.1) is 16.8 Å². The van der Waals surface area contributed by atoms with Crippen LogP contribution in [-0.4, -0.2) is 26.1 Å². The van der Waals surface area contributed by atoms with Gasteiger partial charge in [0, 0.05) is 12.3 Å². The van der Waals surface area contributed by atoms with Crippen molar-refractivity contribution < 1.29 is 17.9 Å². The number of hydrogen-bond donors (Lipinski definition) is 0. The van der Waals surface area contributed by atoms with Crippen molar-refractivity contribution in [3.8, 4) is 5.75 Å². The zero-order valence-electron chi connectivity index (χ0n) is 14.0. The van der Waals surface area contributed by atoms with Crippen molar-refractivity contribution >= 4 is 15.6 Å². The second-order valence-corrected chi connectivity index (χ2v) is 8.29. The van der Waals surface area contributed by atoms with Crippen molar-refractivity contribution in [2.75, 3.05) is 6.61 Å². The molecule has 0 amide bonds. The van der Waals surface area contributed by atoms with E-state index in [-0.39, 0.29) is 23.7 Å². The molecule has 1 aliphatic rings. The molecule has 0 spiro atoms. The van der Waals surface area contributed by atoms with E-state index in [9.17, 15) is 13.2 Å². The fraction of sp³-hybridized carbons (Fsp3) is 0.250. The number of ether oxygens (including phenoxy) is 1. The molecule has 5 heteroatoms. The molecule has 3 rings (SSSR count). The molecule has 0 N–H and O–H groups in total. The molecule has 0 aliphatic heterocycles. The molecule has 1 aliphatic carbocycles. The first kappa shape index (κ1) is 17.4. The molecule has 0 saturated carbocycles. The highest BCUT2D eigenvalue weighted by molar-refractivity contribution is 7.92. The van der Waals surface area contributed by atoms with E-state index in [4.69, 9.17) is 4.74 Å². The van der Waals surface area contributed by atoms with E-state index in [0.29, 0.717) is 11.3 Å². The summed E-state index contributed by atoms with van der Waals surface area (Å²) in [4.78, 5) is 12.4. The number of hydrogen-bond acceptors (Lipinski definition) is 4. The van der Waals surface area contributed by atoms with E-state index in [1.54, 1.807) is 43.3 Å². The molecule has 0 aromatic heterocycles. The first-order valence-corrected chi connectivity index (χ1v) is 9.71. The number of Topliss-reactive ketones (excluding diaryl/α,β-unsaturated/α-hetero) is 1. The van der Waals surface area contributed by atoms with Gasteiger partial charge in [0.25, 0.3) is 0 Å². The Kier molecular flexibility index (Phi) is 5.04. The summed E-state index contributed by atoms with van der Waals surface area (Å²) in [7, 11) is -3.58. The first-order chi connectivity index (χ1) is 12.0. The highest BCUT2D eigenvalue weighted by atomic mass is 32.2. The number of ketones is 1. The number of carbonyl (C=O) groups excluding carboxylic acids is 1. The summed E-state index contributed by atoms with van der Waals surface area (Å²) >= 11 is 0. The minimum absolute atomic E-state index is 0.0267. The molecule has 0 saturated heterocycles. The summed E-state index contributed by atoms with van der Waals surface area (Å²) in [6.07, 6.45) is 1.75. The Hall–Kier alpha value is -2.40. The van der Waals surface area contributed by atoms with Crippen LogP contribution in [0.15, 0.2) is 77.2 Å². The Morgan fingerprint density at radius 1 is 1.00 bits per heavy atom. The Morgan fingerprint density at radius 3 is 2.24 bits per heavy atom. The van der Waals surface area contributed by atoms with Crippen LogP contribution in [0.3, 0.4) is 0 Å². The summed E-state index contributed by atoms with van der Waals surface area (Å²) in [5, 5.41) is -0.767. The summed E-state index contributed by atoms with van der Waals surface area (Å²) in [6, 6.07) is 17.6. The molecule has 0 fully saturated rings. The maximum Gasteiger partial charge on any atom is 0.185 e. The average molecular weight is 356 g/mol. The molecule has 0 heterocycles. The van der Waals surface area contributed by atoms with Crippen LogP contribution in [0.1, 0.15) is 13.3 Å². The second kappa shape index (κ2) is 7.23. The summed E-state index contributed by atoms with van der Waals surface area (Å²) in [6.45, 7) is 1.85. The van der Waals surface area contributed by atoms with Gasteiger partial charge < -0.3 is 4.74 Å². The van der Waals surface area contributed by atoms with Gasteiger partial charge in [0.1, 0.15) is 5.75 Å². The number of allylic oxidation sites excluding steroid dienone is 1. The largest absolute Gasteiger partial charge is 0.493 e. The second-order valence-electron chi connectivity index (χ2n) is 6.18. The van der Waals surface area contributed by atoms with Crippen molar-refractivity contribution in [3.63, 3.8) is 0 Å². The highest BCUT2D eigenvalue weighted by Crippen LogP contribution is 2.31. The van der Waals surface area contributed by atoms with Gasteiger partial charge in [-0.25, -0.2) is 8.42 Å². The zero-order valence-corrected chi connectivity index (χ0v) is 14.8. The van der Waals surface area contributed by atoms with Crippen LogP contribution >= 0.6 is 0 Å². The van der Waals surface area contributed by atoms with E-state index in [2.05, 4.69) is 0 Å². The van der Waals surface area contributed by atoms with Crippen LogP contribution in [0.25, 0.3) is 0 Å².